The highest BCUT2D eigenvalue weighted by atomic mass is 16.6. The topological polar surface area (TPSA) is 111 Å². The summed E-state index contributed by atoms with van der Waals surface area (Å²) < 4.78 is 0. The molecule has 4 bridgehead atoms. The van der Waals surface area contributed by atoms with Gasteiger partial charge in [-0.05, 0) is 71.3 Å². The number of allylic oxidation sites excluding steroid dienone is 2. The predicted molar refractivity (Wildman–Crippen MR) is 132 cm³/mol. The zero-order chi connectivity index (χ0) is 24.7. The zero-order valence-electron chi connectivity index (χ0n) is 20.8. The molecule has 5 rings (SSSR count). The van der Waals surface area contributed by atoms with Gasteiger partial charge in [-0.1, -0.05) is 47.1 Å². The van der Waals surface area contributed by atoms with Crippen LogP contribution in [0.2, 0.25) is 0 Å². The van der Waals surface area contributed by atoms with Gasteiger partial charge in [0, 0.05) is 12.0 Å². The van der Waals surface area contributed by atoms with E-state index >= 15 is 0 Å². The van der Waals surface area contributed by atoms with Gasteiger partial charge in [-0.15, -0.1) is 0 Å². The molecule has 0 spiro atoms. The molecule has 1 aromatic carbocycles. The molecule has 0 aromatic heterocycles. The van der Waals surface area contributed by atoms with E-state index in [4.69, 9.17) is 5.10 Å². The van der Waals surface area contributed by atoms with Crippen molar-refractivity contribution in [2.75, 3.05) is 5.43 Å². The average Bonchev–Trinajstić information content (AvgIpc) is 3.47. The van der Waals surface area contributed by atoms with E-state index in [9.17, 15) is 20.2 Å². The molecule has 0 saturated heterocycles. The molecule has 1 aromatic rings. The van der Waals surface area contributed by atoms with Crippen molar-refractivity contribution in [2.24, 2.45) is 51.4 Å². The van der Waals surface area contributed by atoms with E-state index in [0.29, 0.717) is 40.9 Å². The molecular weight excluding hydrogens is 432 g/mol. The first-order valence-corrected chi connectivity index (χ1v) is 12.3. The Bertz CT molecular complexity index is 1150. The molecule has 0 unspecified atom stereocenters. The molecule has 34 heavy (non-hydrogen) atoms. The maximum atomic E-state index is 11.6. The van der Waals surface area contributed by atoms with Gasteiger partial charge < -0.3 is 0 Å². The van der Waals surface area contributed by atoms with Gasteiger partial charge in [-0.2, -0.15) is 5.10 Å². The van der Waals surface area contributed by atoms with Crippen molar-refractivity contribution in [3.63, 3.8) is 0 Å². The second-order valence-corrected chi connectivity index (χ2v) is 12.1. The van der Waals surface area contributed by atoms with Crippen LogP contribution in [0.4, 0.5) is 17.1 Å². The van der Waals surface area contributed by atoms with Crippen molar-refractivity contribution in [3.05, 3.63) is 49.6 Å². The number of non-ortho nitro benzene ring substituents is 1. The summed E-state index contributed by atoms with van der Waals surface area (Å²) in [5.41, 5.74) is 7.06. The standard InChI is InChI=1S/C26H34N4O4/c1-13-17-9-15(25(13,3)4)10-19(17)23-20-12-18(14(2)26(20,5)6)24(23)28-27-21-8-7-16(29(31)32)11-22(21)30(33)34/h7-8,11,13-15,17-18,20,27H,9-10,12H2,1-6H3/b23-19-,28-24?/t13-,14-,15+,17-,18+,20-/m1/s1. The first-order valence-electron chi connectivity index (χ1n) is 12.3. The fourth-order valence-corrected chi connectivity index (χ4v) is 7.57. The Kier molecular flexibility index (Phi) is 4.98. The smallest absolute Gasteiger partial charge is 0.271 e. The van der Waals surface area contributed by atoms with Crippen LogP contribution < -0.4 is 5.43 Å². The zero-order valence-corrected chi connectivity index (χ0v) is 20.8. The van der Waals surface area contributed by atoms with E-state index in [0.717, 1.165) is 24.6 Å². The molecule has 4 saturated carbocycles. The summed E-state index contributed by atoms with van der Waals surface area (Å²) in [6, 6.07) is 3.66. The van der Waals surface area contributed by atoms with Gasteiger partial charge in [-0.3, -0.25) is 25.7 Å². The van der Waals surface area contributed by atoms with Crippen molar-refractivity contribution in [2.45, 2.75) is 60.8 Å². The van der Waals surface area contributed by atoms with E-state index in [1.165, 1.54) is 24.1 Å². The van der Waals surface area contributed by atoms with E-state index in [-0.39, 0.29) is 22.5 Å². The number of anilines is 1. The van der Waals surface area contributed by atoms with E-state index in [1.807, 2.05) is 0 Å². The van der Waals surface area contributed by atoms with Crippen molar-refractivity contribution in [1.29, 1.82) is 0 Å². The second-order valence-electron chi connectivity index (χ2n) is 12.1. The van der Waals surface area contributed by atoms with Gasteiger partial charge in [0.2, 0.25) is 0 Å². The summed E-state index contributed by atoms with van der Waals surface area (Å²) in [5.74, 6) is 3.12. The summed E-state index contributed by atoms with van der Waals surface area (Å²) in [7, 11) is 0. The lowest BCUT2D eigenvalue weighted by Crippen LogP contribution is -2.38. The number of rotatable bonds is 4. The molecule has 182 valence electrons. The highest BCUT2D eigenvalue weighted by Gasteiger charge is 2.60. The third-order valence-electron chi connectivity index (χ3n) is 10.5. The van der Waals surface area contributed by atoms with Crippen LogP contribution in [0.15, 0.2) is 34.4 Å². The van der Waals surface area contributed by atoms with Gasteiger partial charge in [-0.25, -0.2) is 0 Å². The Morgan fingerprint density at radius 3 is 2.24 bits per heavy atom. The van der Waals surface area contributed by atoms with Gasteiger partial charge in [0.1, 0.15) is 5.69 Å². The number of fused-ring (bicyclic) bond motifs is 4. The fourth-order valence-electron chi connectivity index (χ4n) is 7.57. The Morgan fingerprint density at radius 1 is 0.971 bits per heavy atom. The number of hydrazone groups is 1. The Balaban J connectivity index is 1.56. The van der Waals surface area contributed by atoms with E-state index in [1.54, 1.807) is 5.57 Å². The van der Waals surface area contributed by atoms with Gasteiger partial charge in [0.05, 0.1) is 21.6 Å². The Morgan fingerprint density at radius 2 is 1.65 bits per heavy atom. The highest BCUT2D eigenvalue weighted by Crippen LogP contribution is 2.67. The predicted octanol–water partition coefficient (Wildman–Crippen LogP) is 6.58. The number of nitrogens with one attached hydrogen (secondary N) is 1. The van der Waals surface area contributed by atoms with Crippen LogP contribution in [0.3, 0.4) is 0 Å². The minimum absolute atomic E-state index is 0.185. The molecule has 4 fully saturated rings. The van der Waals surface area contributed by atoms with Crippen molar-refractivity contribution >= 4 is 22.8 Å². The van der Waals surface area contributed by atoms with Gasteiger partial charge in [0.15, 0.2) is 0 Å². The molecular formula is C26H34N4O4. The Hall–Kier alpha value is -2.77. The molecule has 0 heterocycles. The number of nitro groups is 2. The lowest BCUT2D eigenvalue weighted by Gasteiger charge is -2.42. The summed E-state index contributed by atoms with van der Waals surface area (Å²) in [6.45, 7) is 14.2. The largest absolute Gasteiger partial charge is 0.301 e. The second kappa shape index (κ2) is 7.36. The number of benzene rings is 1. The minimum Gasteiger partial charge on any atom is -0.271 e. The molecule has 4 aliphatic rings. The van der Waals surface area contributed by atoms with Crippen LogP contribution in [0.5, 0.6) is 0 Å². The van der Waals surface area contributed by atoms with Gasteiger partial charge >= 0.3 is 5.69 Å². The third kappa shape index (κ3) is 3.06. The molecule has 8 nitrogen and oxygen atoms in total. The monoisotopic (exact) mass is 466 g/mol. The van der Waals surface area contributed by atoms with Crippen LogP contribution in [-0.4, -0.2) is 15.6 Å². The third-order valence-corrected chi connectivity index (χ3v) is 10.5. The lowest BCUT2D eigenvalue weighted by atomic mass is 9.62. The first kappa shape index (κ1) is 23.0. The summed E-state index contributed by atoms with van der Waals surface area (Å²) in [4.78, 5) is 21.5. The van der Waals surface area contributed by atoms with Crippen molar-refractivity contribution < 1.29 is 9.85 Å². The fraction of sp³-hybridized carbons (Fsp3) is 0.654. The van der Waals surface area contributed by atoms with Crippen molar-refractivity contribution in [1.82, 2.24) is 0 Å². The minimum atomic E-state index is -0.622. The van der Waals surface area contributed by atoms with Gasteiger partial charge in [0.25, 0.3) is 5.69 Å². The van der Waals surface area contributed by atoms with Crippen LogP contribution in [-0.2, 0) is 0 Å². The normalized spacial score (nSPS) is 38.0. The Labute approximate surface area is 200 Å². The molecule has 0 amide bonds. The summed E-state index contributed by atoms with van der Waals surface area (Å²) in [6.07, 6.45) is 3.45. The quantitative estimate of drug-likeness (QED) is 0.398. The molecule has 8 heteroatoms. The molecule has 1 N–H and O–H groups in total. The molecule has 0 radical (unpaired) electrons. The van der Waals surface area contributed by atoms with Crippen LogP contribution in [0, 0.1) is 66.6 Å². The number of hydrogen-bond acceptors (Lipinski definition) is 6. The molecule has 0 aliphatic heterocycles. The van der Waals surface area contributed by atoms with Crippen molar-refractivity contribution in [3.8, 4) is 0 Å². The maximum Gasteiger partial charge on any atom is 0.301 e. The number of nitrogens with zero attached hydrogens (tertiary/aromatic N) is 3. The average molecular weight is 467 g/mol. The lowest BCUT2D eigenvalue weighted by molar-refractivity contribution is -0.393. The summed E-state index contributed by atoms with van der Waals surface area (Å²) >= 11 is 0. The SMILES string of the molecule is C[C@@H]1[C@H]2C[C@@H](C/C2=C2/C(=NNc3ccc([N+](=O)[O-])cc3[N+](=O)[O-])[C@H]3C[C@H]2C(C)(C)[C@@H]3C)C1(C)C. The first-order chi connectivity index (χ1) is 15.9. The van der Waals surface area contributed by atoms with Crippen LogP contribution in [0.25, 0.3) is 0 Å². The molecule has 4 aliphatic carbocycles. The highest BCUT2D eigenvalue weighted by molar-refractivity contribution is 6.07. The van der Waals surface area contributed by atoms with E-state index in [2.05, 4.69) is 47.0 Å². The number of hydrogen-bond donors (Lipinski definition) is 1. The van der Waals surface area contributed by atoms with E-state index < -0.39 is 9.85 Å². The van der Waals surface area contributed by atoms with Crippen LogP contribution in [0.1, 0.15) is 60.8 Å². The summed E-state index contributed by atoms with van der Waals surface area (Å²) in [5, 5.41) is 27.5. The van der Waals surface area contributed by atoms with Crippen LogP contribution >= 0.6 is 0 Å². The maximum absolute atomic E-state index is 11.6. The number of nitro benzene ring substituents is 2. The molecule has 6 atom stereocenters.